The minimum absolute atomic E-state index is 0.0771. The first kappa shape index (κ1) is 38.6. The van der Waals surface area contributed by atoms with Crippen molar-refractivity contribution in [2.24, 2.45) is 5.92 Å². The molecular formula is C50H38N13O3+. The van der Waals surface area contributed by atoms with Gasteiger partial charge in [0, 0.05) is 70.2 Å². The van der Waals surface area contributed by atoms with Crippen LogP contribution >= 0.6 is 0 Å². The van der Waals surface area contributed by atoms with E-state index in [9.17, 15) is 4.79 Å². The number of aryl methyl sites for hydroxylation is 1. The molecule has 66 heavy (non-hydrogen) atoms. The SMILES string of the molecule is Cc1ccncc1-c1cnc2[nH]nc(-c3nc4c(-c5cocc5-[n+]5cc(-c6cncc(NC(=O)CC(C)C)c6)cc6c(-c7nc8c(-c9ccoc9)cccc8[nH]7)n[nH]c65)cccc4[nH]3)c2c1. The lowest BCUT2D eigenvalue weighted by Gasteiger charge is -2.10. The summed E-state index contributed by atoms with van der Waals surface area (Å²) < 4.78 is 13.5. The fourth-order valence-corrected chi connectivity index (χ4v) is 8.67. The summed E-state index contributed by atoms with van der Waals surface area (Å²) in [6, 6.07) is 21.9. The summed E-state index contributed by atoms with van der Waals surface area (Å²) in [5.41, 5.74) is 15.1. The van der Waals surface area contributed by atoms with Crippen molar-refractivity contribution in [1.29, 1.82) is 0 Å². The van der Waals surface area contributed by atoms with Crippen molar-refractivity contribution in [2.75, 3.05) is 5.32 Å². The maximum Gasteiger partial charge on any atom is 0.314 e. The number of nitrogens with one attached hydrogen (secondary N) is 5. The number of fused-ring (bicyclic) bond motifs is 4. The van der Waals surface area contributed by atoms with Crippen LogP contribution < -0.4 is 9.88 Å². The van der Waals surface area contributed by atoms with Crippen LogP contribution in [0.5, 0.6) is 0 Å². The summed E-state index contributed by atoms with van der Waals surface area (Å²) in [5, 5.41) is 20.6. The molecule has 10 heterocycles. The van der Waals surface area contributed by atoms with Gasteiger partial charge in [0.1, 0.15) is 29.8 Å². The van der Waals surface area contributed by atoms with Gasteiger partial charge < -0.3 is 24.1 Å². The van der Waals surface area contributed by atoms with Crippen molar-refractivity contribution in [3.05, 3.63) is 135 Å². The Hall–Kier alpha value is -9.05. The lowest BCUT2D eigenvalue weighted by atomic mass is 10.0. The highest BCUT2D eigenvalue weighted by molar-refractivity contribution is 6.00. The Bertz CT molecular complexity index is 3810. The largest absolute Gasteiger partial charge is 0.472 e. The fraction of sp³-hybridized carbons (Fsp3) is 0.100. The highest BCUT2D eigenvalue weighted by atomic mass is 16.3. The number of carbonyl (C=O) groups excluding carboxylic acids is 1. The Labute approximate surface area is 374 Å². The van der Waals surface area contributed by atoms with Crippen LogP contribution in [0.15, 0.2) is 138 Å². The number of pyridine rings is 4. The van der Waals surface area contributed by atoms with E-state index in [1.807, 2.05) is 91.6 Å². The number of aromatic amines is 4. The number of nitrogens with zero attached hydrogens (tertiary/aromatic N) is 8. The molecule has 0 atom stereocenters. The van der Waals surface area contributed by atoms with E-state index in [2.05, 4.69) is 64.6 Å². The molecule has 16 heteroatoms. The molecular weight excluding hydrogens is 831 g/mol. The molecule has 0 bridgehead atoms. The molecule has 10 aromatic heterocycles. The number of rotatable bonds is 10. The minimum Gasteiger partial charge on any atom is -0.472 e. The normalized spacial score (nSPS) is 11.8. The van der Waals surface area contributed by atoms with Crippen molar-refractivity contribution in [3.63, 3.8) is 0 Å². The Morgan fingerprint density at radius 3 is 2.27 bits per heavy atom. The van der Waals surface area contributed by atoms with Crippen LogP contribution in [0.2, 0.25) is 0 Å². The molecule has 0 aliphatic rings. The number of hydrogen-bond donors (Lipinski definition) is 5. The minimum atomic E-state index is -0.0771. The number of hydrogen-bond acceptors (Lipinski definition) is 10. The maximum absolute atomic E-state index is 12.9. The van der Waals surface area contributed by atoms with E-state index in [4.69, 9.17) is 23.9 Å². The van der Waals surface area contributed by atoms with Gasteiger partial charge >= 0.3 is 5.65 Å². The van der Waals surface area contributed by atoms with Crippen LogP contribution in [-0.2, 0) is 4.79 Å². The number of aromatic nitrogens is 12. The number of benzene rings is 2. The summed E-state index contributed by atoms with van der Waals surface area (Å²) in [7, 11) is 0. The number of H-pyrrole nitrogens is 4. The quantitative estimate of drug-likeness (QED) is 0.0820. The van der Waals surface area contributed by atoms with Crippen molar-refractivity contribution in [3.8, 4) is 73.2 Å². The zero-order valence-corrected chi connectivity index (χ0v) is 35.7. The lowest BCUT2D eigenvalue weighted by molar-refractivity contribution is -0.568. The van der Waals surface area contributed by atoms with E-state index in [1.165, 1.54) is 0 Å². The highest BCUT2D eigenvalue weighted by Gasteiger charge is 2.27. The molecule has 5 N–H and O–H groups in total. The van der Waals surface area contributed by atoms with Gasteiger partial charge in [-0.3, -0.25) is 19.9 Å². The summed E-state index contributed by atoms with van der Waals surface area (Å²) >= 11 is 0. The first-order chi connectivity index (χ1) is 32.3. The number of furan rings is 2. The molecule has 0 spiro atoms. The van der Waals surface area contributed by atoms with Gasteiger partial charge in [0.2, 0.25) is 5.91 Å². The smallest absolute Gasteiger partial charge is 0.314 e. The Kier molecular flexibility index (Phi) is 8.97. The molecule has 0 unspecified atom stereocenters. The van der Waals surface area contributed by atoms with Crippen LogP contribution in [0, 0.1) is 12.8 Å². The zero-order valence-electron chi connectivity index (χ0n) is 35.7. The zero-order chi connectivity index (χ0) is 44.5. The van der Waals surface area contributed by atoms with Crippen LogP contribution in [0.3, 0.4) is 0 Å². The standard InChI is InChI=1S/C50H37N13O3/c1-26(2)14-42(64)54-32-15-29(18-52-20-32)31-17-36-46(49-55-39-8-4-6-33(43(39)57-49)28-11-13-65-23-28)60-62-50(36)63(22-31)41-25-66-24-38(41)34-7-5-9-40-44(34)58-48(56-40)45-35-16-30(19-53-47(35)61-59-45)37-21-51-12-10-27(37)3/h4-13,15-26H,14H2,1-3H3,(H4,53,54,55,56,57,58,59,60,61,64)/p+1. The first-order valence-corrected chi connectivity index (χ1v) is 21.3. The third kappa shape index (κ3) is 6.58. The van der Waals surface area contributed by atoms with Gasteiger partial charge in [-0.05, 0) is 60.9 Å². The molecule has 320 valence electrons. The Morgan fingerprint density at radius 1 is 0.712 bits per heavy atom. The molecule has 12 rings (SSSR count). The number of carbonyl (C=O) groups is 1. The number of para-hydroxylation sites is 2. The van der Waals surface area contributed by atoms with E-state index in [0.29, 0.717) is 46.4 Å². The van der Waals surface area contributed by atoms with E-state index in [-0.39, 0.29) is 11.8 Å². The fourth-order valence-electron chi connectivity index (χ4n) is 8.67. The number of anilines is 1. The van der Waals surface area contributed by atoms with Gasteiger partial charge in [0.15, 0.2) is 28.7 Å². The van der Waals surface area contributed by atoms with Gasteiger partial charge in [-0.1, -0.05) is 43.2 Å². The predicted octanol–water partition coefficient (Wildman–Crippen LogP) is 10.1. The van der Waals surface area contributed by atoms with Gasteiger partial charge in [-0.2, -0.15) is 9.67 Å². The molecule has 0 radical (unpaired) electrons. The van der Waals surface area contributed by atoms with Crippen LogP contribution in [-0.4, -0.2) is 61.2 Å². The Balaban J connectivity index is 1.00. The van der Waals surface area contributed by atoms with Crippen LogP contribution in [0.4, 0.5) is 5.69 Å². The van der Waals surface area contributed by atoms with Crippen molar-refractivity contribution >= 4 is 55.7 Å². The molecule has 0 saturated heterocycles. The summed E-state index contributed by atoms with van der Waals surface area (Å²) in [5.74, 6) is 1.29. The second-order valence-electron chi connectivity index (χ2n) is 16.7. The number of amides is 1. The van der Waals surface area contributed by atoms with E-state index in [0.717, 1.165) is 88.6 Å². The van der Waals surface area contributed by atoms with E-state index < -0.39 is 0 Å². The van der Waals surface area contributed by atoms with Gasteiger partial charge in [0.25, 0.3) is 0 Å². The summed E-state index contributed by atoms with van der Waals surface area (Å²) in [6.07, 6.45) is 18.1. The van der Waals surface area contributed by atoms with E-state index >= 15 is 0 Å². The van der Waals surface area contributed by atoms with Crippen molar-refractivity contribution in [1.82, 2.24) is 55.3 Å². The highest BCUT2D eigenvalue weighted by Crippen LogP contribution is 2.37. The van der Waals surface area contributed by atoms with Gasteiger partial charge in [0.05, 0.1) is 57.4 Å². The topological polar surface area (TPSA) is 213 Å². The lowest BCUT2D eigenvalue weighted by Crippen LogP contribution is -2.32. The average Bonchev–Trinajstić information content (AvgIpc) is 4.19. The van der Waals surface area contributed by atoms with E-state index in [1.54, 1.807) is 43.6 Å². The third-order valence-corrected chi connectivity index (χ3v) is 11.8. The van der Waals surface area contributed by atoms with Crippen LogP contribution in [0.25, 0.3) is 117 Å². The first-order valence-electron chi connectivity index (χ1n) is 21.3. The van der Waals surface area contributed by atoms with Gasteiger partial charge in [-0.15, -0.1) is 5.10 Å². The summed E-state index contributed by atoms with van der Waals surface area (Å²) in [6.45, 7) is 6.08. The molecule has 0 saturated carbocycles. The molecule has 0 aliphatic heterocycles. The molecule has 2 aromatic carbocycles. The molecule has 16 nitrogen and oxygen atoms in total. The predicted molar refractivity (Wildman–Crippen MR) is 250 cm³/mol. The monoisotopic (exact) mass is 868 g/mol. The van der Waals surface area contributed by atoms with Crippen molar-refractivity contribution < 1.29 is 18.2 Å². The number of imidazole rings is 2. The summed E-state index contributed by atoms with van der Waals surface area (Å²) in [4.78, 5) is 43.7. The second-order valence-corrected chi connectivity index (χ2v) is 16.7. The Morgan fingerprint density at radius 2 is 1.48 bits per heavy atom. The molecule has 12 aromatic rings. The average molecular weight is 869 g/mol. The third-order valence-electron chi connectivity index (χ3n) is 11.8. The molecule has 0 aliphatic carbocycles. The molecule has 0 fully saturated rings. The van der Waals surface area contributed by atoms with Crippen LogP contribution in [0.1, 0.15) is 25.8 Å². The van der Waals surface area contributed by atoms with Gasteiger partial charge in [-0.25, -0.2) is 15.0 Å². The van der Waals surface area contributed by atoms with Crippen molar-refractivity contribution in [2.45, 2.75) is 27.2 Å². The maximum atomic E-state index is 12.9. The molecule has 1 amide bonds. The second kappa shape index (κ2) is 15.3.